The van der Waals surface area contributed by atoms with Crippen molar-refractivity contribution in [3.05, 3.63) is 94.9 Å². The molecule has 8 nitrogen and oxygen atoms in total. The van der Waals surface area contributed by atoms with Crippen LogP contribution in [0.25, 0.3) is 27.5 Å². The summed E-state index contributed by atoms with van der Waals surface area (Å²) in [6.45, 7) is 7.67. The highest BCUT2D eigenvalue weighted by Gasteiger charge is 2.20. The van der Waals surface area contributed by atoms with Gasteiger partial charge in [0.15, 0.2) is 5.69 Å². The summed E-state index contributed by atoms with van der Waals surface area (Å²) in [5.74, 6) is 0.0342. The molecule has 1 amide bonds. The zero-order chi connectivity index (χ0) is 25.1. The van der Waals surface area contributed by atoms with Gasteiger partial charge in [0.2, 0.25) is 5.95 Å². The molecule has 1 N–H and O–H groups in total. The van der Waals surface area contributed by atoms with Crippen LogP contribution in [0.15, 0.2) is 83.7 Å². The number of hydrogen-bond acceptors (Lipinski definition) is 5. The standard InChI is InChI=1S/C28H28N6O2/c1-3-32(4-2)18-19-33-24-17-11-10-16-23(24)29-28(33)30-26(35)25-21-14-8-9-15-22(21)27(36)34(31-25)20-12-6-5-7-13-20/h5-17H,3-4,18-19H2,1-2H3,(H,29,30,35). The number of nitrogens with zero attached hydrogens (tertiary/aromatic N) is 5. The molecule has 0 bridgehead atoms. The summed E-state index contributed by atoms with van der Waals surface area (Å²) in [7, 11) is 0. The van der Waals surface area contributed by atoms with E-state index >= 15 is 0 Å². The van der Waals surface area contributed by atoms with E-state index in [-0.39, 0.29) is 11.3 Å². The van der Waals surface area contributed by atoms with Gasteiger partial charge < -0.3 is 9.47 Å². The molecule has 3 aromatic carbocycles. The Kier molecular flexibility index (Phi) is 6.60. The molecule has 5 rings (SSSR count). The molecule has 0 aliphatic rings. The molecular weight excluding hydrogens is 452 g/mol. The van der Waals surface area contributed by atoms with Crippen molar-refractivity contribution in [2.75, 3.05) is 25.0 Å². The predicted molar refractivity (Wildman–Crippen MR) is 143 cm³/mol. The largest absolute Gasteiger partial charge is 0.309 e. The van der Waals surface area contributed by atoms with Crippen LogP contribution >= 0.6 is 0 Å². The predicted octanol–water partition coefficient (Wildman–Crippen LogP) is 4.33. The van der Waals surface area contributed by atoms with E-state index in [1.165, 1.54) is 4.68 Å². The quantitative estimate of drug-likeness (QED) is 0.357. The van der Waals surface area contributed by atoms with Crippen molar-refractivity contribution in [3.8, 4) is 5.69 Å². The van der Waals surface area contributed by atoms with E-state index in [2.05, 4.69) is 29.2 Å². The fourth-order valence-corrected chi connectivity index (χ4v) is 4.44. The van der Waals surface area contributed by atoms with Crippen LogP contribution in [0.3, 0.4) is 0 Å². The summed E-state index contributed by atoms with van der Waals surface area (Å²) in [4.78, 5) is 33.9. The molecule has 182 valence electrons. The number of benzene rings is 3. The van der Waals surface area contributed by atoms with E-state index in [0.29, 0.717) is 29.0 Å². The highest BCUT2D eigenvalue weighted by molar-refractivity contribution is 6.11. The molecule has 8 heteroatoms. The second-order valence-electron chi connectivity index (χ2n) is 8.50. The Morgan fingerprint density at radius 2 is 1.56 bits per heavy atom. The fraction of sp³-hybridized carbons (Fsp3) is 0.214. The number of carbonyl (C=O) groups is 1. The third-order valence-corrected chi connectivity index (χ3v) is 6.43. The lowest BCUT2D eigenvalue weighted by Gasteiger charge is -2.19. The maximum atomic E-state index is 13.6. The molecule has 0 aliphatic heterocycles. The van der Waals surface area contributed by atoms with Gasteiger partial charge in [-0.05, 0) is 43.4 Å². The Morgan fingerprint density at radius 1 is 0.889 bits per heavy atom. The van der Waals surface area contributed by atoms with E-state index in [1.54, 1.807) is 36.4 Å². The summed E-state index contributed by atoms with van der Waals surface area (Å²) in [6.07, 6.45) is 0. The number of carbonyl (C=O) groups excluding carboxylic acids is 1. The van der Waals surface area contributed by atoms with Gasteiger partial charge in [-0.3, -0.25) is 14.9 Å². The van der Waals surface area contributed by atoms with Gasteiger partial charge in [0, 0.05) is 18.5 Å². The molecule has 0 unspecified atom stereocenters. The maximum Gasteiger partial charge on any atom is 0.279 e. The molecule has 0 spiro atoms. The first kappa shape index (κ1) is 23.4. The number of likely N-dealkylation sites (N-methyl/N-ethyl adjacent to an activating group) is 1. The number of nitrogens with one attached hydrogen (secondary N) is 1. The van der Waals surface area contributed by atoms with E-state index in [9.17, 15) is 9.59 Å². The van der Waals surface area contributed by atoms with Gasteiger partial charge >= 0.3 is 0 Å². The SMILES string of the molecule is CCN(CC)CCn1c(NC(=O)c2nn(-c3ccccc3)c(=O)c3ccccc23)nc2ccccc21. The first-order valence-corrected chi connectivity index (χ1v) is 12.2. The van der Waals surface area contributed by atoms with Crippen LogP contribution in [-0.4, -0.2) is 49.8 Å². The number of aromatic nitrogens is 4. The van der Waals surface area contributed by atoms with E-state index in [0.717, 1.165) is 30.7 Å². The second-order valence-corrected chi connectivity index (χ2v) is 8.50. The smallest absolute Gasteiger partial charge is 0.279 e. The van der Waals surface area contributed by atoms with Crippen LogP contribution in [0.2, 0.25) is 0 Å². The van der Waals surface area contributed by atoms with E-state index in [1.807, 2.05) is 47.0 Å². The fourth-order valence-electron chi connectivity index (χ4n) is 4.44. The highest BCUT2D eigenvalue weighted by atomic mass is 16.2. The van der Waals surface area contributed by atoms with Gasteiger partial charge in [-0.15, -0.1) is 0 Å². The summed E-state index contributed by atoms with van der Waals surface area (Å²) >= 11 is 0. The average Bonchev–Trinajstić information content (AvgIpc) is 3.27. The number of rotatable bonds is 8. The normalized spacial score (nSPS) is 11.4. The third kappa shape index (κ3) is 4.38. The molecule has 0 aliphatic carbocycles. The number of hydrogen-bond donors (Lipinski definition) is 1. The molecule has 0 atom stereocenters. The summed E-state index contributed by atoms with van der Waals surface area (Å²) < 4.78 is 3.31. The van der Waals surface area contributed by atoms with Crippen LogP contribution in [0, 0.1) is 0 Å². The Balaban J connectivity index is 1.58. The number of fused-ring (bicyclic) bond motifs is 2. The Morgan fingerprint density at radius 3 is 2.31 bits per heavy atom. The van der Waals surface area contributed by atoms with Crippen LogP contribution in [0.4, 0.5) is 5.95 Å². The highest BCUT2D eigenvalue weighted by Crippen LogP contribution is 2.22. The van der Waals surface area contributed by atoms with Crippen molar-refractivity contribution in [3.63, 3.8) is 0 Å². The molecule has 0 fully saturated rings. The van der Waals surface area contributed by atoms with Gasteiger partial charge in [0.05, 0.1) is 22.1 Å². The molecule has 0 saturated carbocycles. The Hall–Kier alpha value is -4.30. The van der Waals surface area contributed by atoms with Crippen molar-refractivity contribution in [2.45, 2.75) is 20.4 Å². The second kappa shape index (κ2) is 10.1. The van der Waals surface area contributed by atoms with Gasteiger partial charge in [0.25, 0.3) is 11.5 Å². The summed E-state index contributed by atoms with van der Waals surface area (Å²) in [5.41, 5.74) is 2.23. The topological polar surface area (TPSA) is 85.0 Å². The van der Waals surface area contributed by atoms with Crippen LogP contribution in [0.5, 0.6) is 0 Å². The number of anilines is 1. The number of para-hydroxylation sites is 3. The first-order valence-electron chi connectivity index (χ1n) is 12.2. The summed E-state index contributed by atoms with van der Waals surface area (Å²) in [6, 6.07) is 24.0. The first-order chi connectivity index (χ1) is 17.6. The minimum absolute atomic E-state index is 0.163. The summed E-state index contributed by atoms with van der Waals surface area (Å²) in [5, 5.41) is 8.41. The van der Waals surface area contributed by atoms with Crippen LogP contribution in [-0.2, 0) is 6.54 Å². The van der Waals surface area contributed by atoms with E-state index in [4.69, 9.17) is 4.98 Å². The van der Waals surface area contributed by atoms with Gasteiger partial charge in [-0.25, -0.2) is 4.98 Å². The van der Waals surface area contributed by atoms with Crippen molar-refractivity contribution < 1.29 is 4.79 Å². The van der Waals surface area contributed by atoms with Gasteiger partial charge in [-0.1, -0.05) is 62.4 Å². The Labute approximate surface area is 208 Å². The lowest BCUT2D eigenvalue weighted by molar-refractivity contribution is 0.102. The molecule has 0 radical (unpaired) electrons. The maximum absolute atomic E-state index is 13.6. The third-order valence-electron chi connectivity index (χ3n) is 6.43. The lowest BCUT2D eigenvalue weighted by Crippen LogP contribution is -2.29. The minimum atomic E-state index is -0.421. The minimum Gasteiger partial charge on any atom is -0.309 e. The monoisotopic (exact) mass is 480 g/mol. The van der Waals surface area contributed by atoms with E-state index < -0.39 is 5.91 Å². The van der Waals surface area contributed by atoms with Crippen molar-refractivity contribution >= 4 is 33.7 Å². The lowest BCUT2D eigenvalue weighted by atomic mass is 10.1. The van der Waals surface area contributed by atoms with Crippen molar-refractivity contribution in [1.29, 1.82) is 0 Å². The number of amides is 1. The van der Waals surface area contributed by atoms with Gasteiger partial charge in [0.1, 0.15) is 0 Å². The molecule has 5 aromatic rings. The van der Waals surface area contributed by atoms with Gasteiger partial charge in [-0.2, -0.15) is 9.78 Å². The Bertz CT molecular complexity index is 1580. The zero-order valence-corrected chi connectivity index (χ0v) is 20.4. The number of imidazole rings is 1. The average molecular weight is 481 g/mol. The molecule has 2 aromatic heterocycles. The molecule has 2 heterocycles. The molecular formula is C28H28N6O2. The van der Waals surface area contributed by atoms with Crippen molar-refractivity contribution in [1.82, 2.24) is 24.2 Å². The molecule has 36 heavy (non-hydrogen) atoms. The molecule has 0 saturated heterocycles. The van der Waals surface area contributed by atoms with Crippen molar-refractivity contribution in [2.24, 2.45) is 0 Å². The van der Waals surface area contributed by atoms with Crippen LogP contribution in [0.1, 0.15) is 24.3 Å². The van der Waals surface area contributed by atoms with Crippen LogP contribution < -0.4 is 10.9 Å². The zero-order valence-electron chi connectivity index (χ0n) is 20.4.